The lowest BCUT2D eigenvalue weighted by molar-refractivity contribution is -0.137. The van der Waals surface area contributed by atoms with Crippen LogP contribution in [-0.2, 0) is 22.6 Å². The molecule has 0 atom stereocenters. The molecule has 29 heavy (non-hydrogen) atoms. The van der Waals surface area contributed by atoms with Gasteiger partial charge in [0.2, 0.25) is 0 Å². The van der Waals surface area contributed by atoms with Gasteiger partial charge in [-0.05, 0) is 41.8 Å². The number of amides is 1. The lowest BCUT2D eigenvalue weighted by atomic mass is 10.1. The first-order valence-electron chi connectivity index (χ1n) is 9.68. The van der Waals surface area contributed by atoms with Crippen molar-refractivity contribution in [3.8, 4) is 5.75 Å². The molecule has 6 nitrogen and oxygen atoms in total. The van der Waals surface area contributed by atoms with Crippen molar-refractivity contribution in [1.29, 1.82) is 0 Å². The van der Waals surface area contributed by atoms with Gasteiger partial charge in [-0.3, -0.25) is 14.5 Å². The highest BCUT2D eigenvalue weighted by atomic mass is 35.5. The van der Waals surface area contributed by atoms with Crippen LogP contribution in [0.3, 0.4) is 0 Å². The molecule has 0 unspecified atom stereocenters. The van der Waals surface area contributed by atoms with Gasteiger partial charge in [-0.25, -0.2) is 0 Å². The molecule has 1 N–H and O–H groups in total. The Morgan fingerprint density at radius 2 is 1.72 bits per heavy atom. The van der Waals surface area contributed by atoms with Crippen LogP contribution >= 0.6 is 11.6 Å². The van der Waals surface area contributed by atoms with Crippen molar-refractivity contribution in [2.75, 3.05) is 32.8 Å². The number of halogens is 1. The van der Waals surface area contributed by atoms with Gasteiger partial charge in [-0.2, -0.15) is 0 Å². The predicted octanol–water partition coefficient (Wildman–Crippen LogP) is 3.08. The summed E-state index contributed by atoms with van der Waals surface area (Å²) in [7, 11) is 0. The molecule has 0 radical (unpaired) electrons. The van der Waals surface area contributed by atoms with Crippen molar-refractivity contribution in [3.05, 3.63) is 64.7 Å². The Hall–Kier alpha value is -2.57. The Morgan fingerprint density at radius 3 is 2.41 bits per heavy atom. The fourth-order valence-corrected chi connectivity index (χ4v) is 3.41. The summed E-state index contributed by atoms with van der Waals surface area (Å²) < 4.78 is 5.64. The van der Waals surface area contributed by atoms with E-state index in [1.54, 1.807) is 12.1 Å². The molecular weight excluding hydrogens is 392 g/mol. The molecule has 154 valence electrons. The topological polar surface area (TPSA) is 70.1 Å². The standard InChI is InChI=1S/C22H25ClN2O4/c23-19-7-4-18(5-8-19)15-24-10-12-25(13-11-24)21(26)16-29-20-3-1-2-17(14-20)6-9-22(27)28/h1-5,7-8,14H,6,9-13,15-16H2,(H,27,28). The van der Waals surface area contributed by atoms with E-state index in [2.05, 4.69) is 4.90 Å². The number of aryl methyl sites for hydroxylation is 1. The number of nitrogens with zero attached hydrogens (tertiary/aromatic N) is 2. The number of piperazine rings is 1. The van der Waals surface area contributed by atoms with Crippen LogP contribution in [0.25, 0.3) is 0 Å². The number of carbonyl (C=O) groups excluding carboxylic acids is 1. The predicted molar refractivity (Wildman–Crippen MR) is 111 cm³/mol. The van der Waals surface area contributed by atoms with Gasteiger partial charge in [-0.15, -0.1) is 0 Å². The minimum Gasteiger partial charge on any atom is -0.484 e. The molecule has 1 aliphatic heterocycles. The first-order chi connectivity index (χ1) is 14.0. The van der Waals surface area contributed by atoms with Crippen LogP contribution < -0.4 is 4.74 Å². The number of ether oxygens (including phenoxy) is 1. The van der Waals surface area contributed by atoms with Gasteiger partial charge < -0.3 is 14.7 Å². The highest BCUT2D eigenvalue weighted by Gasteiger charge is 2.21. The summed E-state index contributed by atoms with van der Waals surface area (Å²) in [6, 6.07) is 15.1. The first kappa shape index (κ1) is 21.1. The van der Waals surface area contributed by atoms with Gasteiger partial charge in [-0.1, -0.05) is 35.9 Å². The lowest BCUT2D eigenvalue weighted by Crippen LogP contribution is -2.49. The van der Waals surface area contributed by atoms with Crippen LogP contribution in [0.4, 0.5) is 0 Å². The van der Waals surface area contributed by atoms with E-state index in [1.165, 1.54) is 5.56 Å². The van der Waals surface area contributed by atoms with Crippen molar-refractivity contribution >= 4 is 23.5 Å². The van der Waals surface area contributed by atoms with Gasteiger partial charge in [0.1, 0.15) is 5.75 Å². The Morgan fingerprint density at radius 1 is 1.00 bits per heavy atom. The highest BCUT2D eigenvalue weighted by molar-refractivity contribution is 6.30. The van der Waals surface area contributed by atoms with Crippen molar-refractivity contribution in [2.45, 2.75) is 19.4 Å². The molecule has 0 aliphatic carbocycles. The van der Waals surface area contributed by atoms with Crippen molar-refractivity contribution < 1.29 is 19.4 Å². The molecule has 0 saturated carbocycles. The number of hydrogen-bond acceptors (Lipinski definition) is 4. The van der Waals surface area contributed by atoms with E-state index < -0.39 is 5.97 Å². The van der Waals surface area contributed by atoms with Gasteiger partial charge in [0.05, 0.1) is 0 Å². The number of carbonyl (C=O) groups is 2. The number of carboxylic acid groups (broad SMARTS) is 1. The molecule has 7 heteroatoms. The average molecular weight is 417 g/mol. The second-order valence-corrected chi connectivity index (χ2v) is 7.55. The molecule has 0 aromatic heterocycles. The summed E-state index contributed by atoms with van der Waals surface area (Å²) >= 11 is 5.93. The Kier molecular flexibility index (Phi) is 7.49. The summed E-state index contributed by atoms with van der Waals surface area (Å²) in [5, 5.41) is 9.52. The second-order valence-electron chi connectivity index (χ2n) is 7.11. The summed E-state index contributed by atoms with van der Waals surface area (Å²) in [5.41, 5.74) is 2.09. The van der Waals surface area contributed by atoms with Crippen LogP contribution in [0.2, 0.25) is 5.02 Å². The van der Waals surface area contributed by atoms with Crippen molar-refractivity contribution in [2.24, 2.45) is 0 Å². The summed E-state index contributed by atoms with van der Waals surface area (Å²) in [5.74, 6) is -0.281. The SMILES string of the molecule is O=C(O)CCc1cccc(OCC(=O)N2CCN(Cc3ccc(Cl)cc3)CC2)c1. The number of hydrogen-bond donors (Lipinski definition) is 1. The van der Waals surface area contributed by atoms with Gasteiger partial charge in [0, 0.05) is 44.2 Å². The Balaban J connectivity index is 1.42. The third kappa shape index (κ3) is 6.76. The third-order valence-corrected chi connectivity index (χ3v) is 5.18. The molecule has 2 aromatic rings. The minimum absolute atomic E-state index is 0.0143. The molecule has 1 amide bonds. The smallest absolute Gasteiger partial charge is 0.303 e. The number of carboxylic acids is 1. The maximum Gasteiger partial charge on any atom is 0.303 e. The van der Waals surface area contributed by atoms with E-state index >= 15 is 0 Å². The first-order valence-corrected chi connectivity index (χ1v) is 10.1. The Labute approximate surface area is 175 Å². The average Bonchev–Trinajstić information content (AvgIpc) is 2.73. The van der Waals surface area contributed by atoms with E-state index in [-0.39, 0.29) is 18.9 Å². The maximum atomic E-state index is 12.5. The van der Waals surface area contributed by atoms with Crippen LogP contribution in [-0.4, -0.2) is 59.6 Å². The van der Waals surface area contributed by atoms with Gasteiger partial charge in [0.15, 0.2) is 6.61 Å². The molecule has 1 heterocycles. The number of aliphatic carboxylic acids is 1. The molecular formula is C22H25ClN2O4. The molecule has 0 spiro atoms. The molecule has 1 fully saturated rings. The van der Waals surface area contributed by atoms with Crippen LogP contribution in [0.1, 0.15) is 17.5 Å². The fraction of sp³-hybridized carbons (Fsp3) is 0.364. The Bertz CT molecular complexity index is 833. The van der Waals surface area contributed by atoms with Crippen LogP contribution in [0.5, 0.6) is 5.75 Å². The van der Waals surface area contributed by atoms with E-state index in [1.807, 2.05) is 41.3 Å². The third-order valence-electron chi connectivity index (χ3n) is 4.93. The monoisotopic (exact) mass is 416 g/mol. The molecule has 3 rings (SSSR count). The van der Waals surface area contributed by atoms with Crippen LogP contribution in [0, 0.1) is 0 Å². The van der Waals surface area contributed by atoms with Crippen molar-refractivity contribution in [3.63, 3.8) is 0 Å². The van der Waals surface area contributed by atoms with Gasteiger partial charge in [0.25, 0.3) is 5.91 Å². The van der Waals surface area contributed by atoms with E-state index in [4.69, 9.17) is 21.4 Å². The van der Waals surface area contributed by atoms with E-state index in [9.17, 15) is 9.59 Å². The van der Waals surface area contributed by atoms with Gasteiger partial charge >= 0.3 is 5.97 Å². The van der Waals surface area contributed by atoms with E-state index in [0.29, 0.717) is 25.3 Å². The molecule has 2 aromatic carbocycles. The molecule has 1 aliphatic rings. The highest BCUT2D eigenvalue weighted by Crippen LogP contribution is 2.16. The quantitative estimate of drug-likeness (QED) is 0.716. The minimum atomic E-state index is -0.832. The fourth-order valence-electron chi connectivity index (χ4n) is 3.28. The zero-order chi connectivity index (χ0) is 20.6. The molecule has 0 bridgehead atoms. The number of rotatable bonds is 8. The summed E-state index contributed by atoms with van der Waals surface area (Å²) in [6.07, 6.45) is 0.513. The maximum absolute atomic E-state index is 12.5. The van der Waals surface area contributed by atoms with Crippen LogP contribution in [0.15, 0.2) is 48.5 Å². The lowest BCUT2D eigenvalue weighted by Gasteiger charge is -2.34. The van der Waals surface area contributed by atoms with E-state index in [0.717, 1.165) is 30.2 Å². The zero-order valence-corrected chi connectivity index (χ0v) is 17.0. The summed E-state index contributed by atoms with van der Waals surface area (Å²) in [4.78, 5) is 27.3. The normalized spacial score (nSPS) is 14.6. The zero-order valence-electron chi connectivity index (χ0n) is 16.2. The second kappa shape index (κ2) is 10.3. The largest absolute Gasteiger partial charge is 0.484 e. The number of benzene rings is 2. The summed E-state index contributed by atoms with van der Waals surface area (Å²) in [6.45, 7) is 3.82. The van der Waals surface area contributed by atoms with Crippen molar-refractivity contribution in [1.82, 2.24) is 9.80 Å². The molecule has 1 saturated heterocycles.